The van der Waals surface area contributed by atoms with Crippen molar-refractivity contribution in [2.75, 3.05) is 6.54 Å². The van der Waals surface area contributed by atoms with Gasteiger partial charge in [-0.3, -0.25) is 23.7 Å². The predicted octanol–water partition coefficient (Wildman–Crippen LogP) is 3.28. The van der Waals surface area contributed by atoms with Crippen LogP contribution in [0.15, 0.2) is 14.6 Å². The number of carbonyl (C=O) groups excluding carboxylic acids is 1. The lowest BCUT2D eigenvalue weighted by Gasteiger charge is -2.18. The van der Waals surface area contributed by atoms with Crippen LogP contribution in [0.3, 0.4) is 0 Å². The number of nitrogens with zero attached hydrogens (tertiary/aromatic N) is 3. The first-order valence-electron chi connectivity index (χ1n) is 10.0. The molecule has 2 atom stereocenters. The first-order chi connectivity index (χ1) is 13.5. The van der Waals surface area contributed by atoms with Gasteiger partial charge in [-0.15, -0.1) is 11.3 Å². The zero-order valence-corrected chi connectivity index (χ0v) is 18.8. The molecule has 0 aliphatic heterocycles. The quantitative estimate of drug-likeness (QED) is 0.531. The van der Waals surface area contributed by atoms with Crippen LogP contribution in [0.5, 0.6) is 0 Å². The summed E-state index contributed by atoms with van der Waals surface area (Å²) >= 11 is 1.37. The summed E-state index contributed by atoms with van der Waals surface area (Å²) < 4.78 is 8.41. The van der Waals surface area contributed by atoms with Crippen LogP contribution < -0.4 is 11.2 Å². The average molecular weight is 420 g/mol. The van der Waals surface area contributed by atoms with E-state index in [9.17, 15) is 14.4 Å². The highest BCUT2D eigenvalue weighted by Crippen LogP contribution is 2.41. The smallest absolute Gasteiger partial charge is 0.332 e. The number of thiophene rings is 1. The van der Waals surface area contributed by atoms with Gasteiger partial charge in [0.2, 0.25) is 0 Å². The van der Waals surface area contributed by atoms with Crippen LogP contribution >= 0.6 is 11.3 Å². The summed E-state index contributed by atoms with van der Waals surface area (Å²) in [6.45, 7) is 11.8. The van der Waals surface area contributed by atoms with Crippen LogP contribution in [0.1, 0.15) is 63.9 Å². The minimum Gasteiger partial charge on any atom is -0.459 e. The second-order valence-corrected chi connectivity index (χ2v) is 9.75. The minimum absolute atomic E-state index is 0.00825. The molecule has 1 saturated carbocycles. The van der Waals surface area contributed by atoms with Crippen molar-refractivity contribution in [1.29, 1.82) is 0 Å². The highest BCUT2D eigenvalue weighted by Gasteiger charge is 2.38. The third-order valence-electron chi connectivity index (χ3n) is 4.97. The molecule has 2 aromatic rings. The fraction of sp³-hybridized carbons (Fsp3) is 0.619. The summed E-state index contributed by atoms with van der Waals surface area (Å²) in [6, 6.07) is -0.00825. The fourth-order valence-electron chi connectivity index (χ4n) is 3.46. The number of hydrogen-bond acceptors (Lipinski definition) is 6. The molecule has 2 aromatic heterocycles. The third-order valence-corrected chi connectivity index (χ3v) is 6.22. The Balaban J connectivity index is 2.02. The van der Waals surface area contributed by atoms with Gasteiger partial charge in [-0.25, -0.2) is 4.79 Å². The predicted molar refractivity (Wildman–Crippen MR) is 116 cm³/mol. The Labute approximate surface area is 174 Å². The highest BCUT2D eigenvalue weighted by atomic mass is 32.1. The van der Waals surface area contributed by atoms with Gasteiger partial charge in [0, 0.05) is 18.8 Å². The summed E-state index contributed by atoms with van der Waals surface area (Å²) in [7, 11) is 0. The molecular formula is C21H29N3O4S. The number of esters is 1. The Morgan fingerprint density at radius 2 is 2.00 bits per heavy atom. The number of hydrogen-bond donors (Lipinski definition) is 0. The number of fused-ring (bicyclic) bond motifs is 1. The first-order valence-corrected chi connectivity index (χ1v) is 10.9. The van der Waals surface area contributed by atoms with E-state index in [2.05, 4.69) is 11.9 Å². The molecule has 0 N–H and O–H groups in total. The molecular weight excluding hydrogens is 390 g/mol. The van der Waals surface area contributed by atoms with Crippen molar-refractivity contribution in [2.24, 2.45) is 10.9 Å². The van der Waals surface area contributed by atoms with Crippen LogP contribution in [0.25, 0.3) is 10.2 Å². The molecule has 0 spiro atoms. The molecule has 0 saturated heterocycles. The summed E-state index contributed by atoms with van der Waals surface area (Å²) in [5.41, 5.74) is -0.194. The molecule has 0 bridgehead atoms. The topological polar surface area (TPSA) is 82.7 Å². The van der Waals surface area contributed by atoms with Crippen molar-refractivity contribution in [3.8, 4) is 0 Å². The van der Waals surface area contributed by atoms with Gasteiger partial charge in [0.15, 0.2) is 0 Å². The monoisotopic (exact) mass is 419 g/mol. The Morgan fingerprint density at radius 3 is 2.55 bits per heavy atom. The third kappa shape index (κ3) is 4.37. The van der Waals surface area contributed by atoms with E-state index in [-0.39, 0.29) is 23.8 Å². The number of rotatable bonds is 6. The maximum atomic E-state index is 13.1. The zero-order chi connectivity index (χ0) is 21.5. The highest BCUT2D eigenvalue weighted by molar-refractivity contribution is 7.20. The molecule has 1 aliphatic carbocycles. The van der Waals surface area contributed by atoms with Crippen molar-refractivity contribution < 1.29 is 9.53 Å². The maximum Gasteiger partial charge on any atom is 0.332 e. The lowest BCUT2D eigenvalue weighted by atomic mass is 10.2. The van der Waals surface area contributed by atoms with Gasteiger partial charge < -0.3 is 4.74 Å². The lowest BCUT2D eigenvalue weighted by Crippen LogP contribution is -2.39. The van der Waals surface area contributed by atoms with Gasteiger partial charge in [-0.2, -0.15) is 0 Å². The van der Waals surface area contributed by atoms with Crippen molar-refractivity contribution in [2.45, 2.75) is 72.6 Å². The van der Waals surface area contributed by atoms with E-state index >= 15 is 0 Å². The molecule has 0 radical (unpaired) electrons. The number of carbonyl (C=O) groups is 1. The number of aromatic nitrogens is 2. The second kappa shape index (κ2) is 7.89. The van der Waals surface area contributed by atoms with Crippen LogP contribution in [0.2, 0.25) is 0 Å². The number of aryl methyl sites for hydroxylation is 2. The van der Waals surface area contributed by atoms with Crippen LogP contribution in [0, 0.1) is 12.8 Å². The van der Waals surface area contributed by atoms with E-state index in [4.69, 9.17) is 4.74 Å². The van der Waals surface area contributed by atoms with Gasteiger partial charge >= 0.3 is 11.7 Å². The molecule has 1 fully saturated rings. The molecule has 0 amide bonds. The van der Waals surface area contributed by atoms with Gasteiger partial charge in [0.1, 0.15) is 17.0 Å². The van der Waals surface area contributed by atoms with Crippen molar-refractivity contribution in [3.63, 3.8) is 0 Å². The van der Waals surface area contributed by atoms with Gasteiger partial charge in [0.05, 0.1) is 10.3 Å². The van der Waals surface area contributed by atoms with E-state index in [1.165, 1.54) is 15.9 Å². The van der Waals surface area contributed by atoms with E-state index < -0.39 is 11.6 Å². The van der Waals surface area contributed by atoms with Crippen LogP contribution in [-0.4, -0.2) is 33.5 Å². The minimum atomic E-state index is -0.554. The summed E-state index contributed by atoms with van der Waals surface area (Å²) in [4.78, 5) is 43.7. The zero-order valence-electron chi connectivity index (χ0n) is 17.9. The van der Waals surface area contributed by atoms with E-state index in [0.717, 1.165) is 23.3 Å². The Bertz CT molecular complexity index is 1080. The van der Waals surface area contributed by atoms with Gasteiger partial charge in [0.25, 0.3) is 5.56 Å². The summed E-state index contributed by atoms with van der Waals surface area (Å²) in [5.74, 6) is -0.0535. The summed E-state index contributed by atoms with van der Waals surface area (Å²) in [5, 5.41) is 0.584. The second-order valence-electron chi connectivity index (χ2n) is 8.72. The Kier molecular flexibility index (Phi) is 5.85. The molecule has 7 nitrogen and oxygen atoms in total. The Hall–Kier alpha value is -2.22. The van der Waals surface area contributed by atoms with Crippen molar-refractivity contribution >= 4 is 33.7 Å². The maximum absolute atomic E-state index is 13.1. The van der Waals surface area contributed by atoms with E-state index in [1.54, 1.807) is 10.8 Å². The fourth-order valence-corrected chi connectivity index (χ4v) is 4.67. The van der Waals surface area contributed by atoms with Crippen molar-refractivity contribution in [1.82, 2.24) is 9.13 Å². The molecule has 29 heavy (non-hydrogen) atoms. The molecule has 158 valence electrons. The van der Waals surface area contributed by atoms with Gasteiger partial charge in [-0.1, -0.05) is 13.8 Å². The molecule has 2 heterocycles. The van der Waals surface area contributed by atoms with Crippen LogP contribution in [0.4, 0.5) is 0 Å². The van der Waals surface area contributed by atoms with E-state index in [0.29, 0.717) is 22.7 Å². The molecule has 1 aliphatic rings. The molecule has 0 aromatic carbocycles. The average Bonchev–Trinajstić information content (AvgIpc) is 3.21. The van der Waals surface area contributed by atoms with Gasteiger partial charge in [-0.05, 0) is 52.0 Å². The van der Waals surface area contributed by atoms with E-state index in [1.807, 2.05) is 34.6 Å². The van der Waals surface area contributed by atoms with Crippen molar-refractivity contribution in [3.05, 3.63) is 31.3 Å². The van der Waals surface area contributed by atoms with Crippen LogP contribution in [-0.2, 0) is 16.1 Å². The SMILES string of the molecule is CCCn1c(=O)n([C@H]2C[C@@H]2C)c(=O)c2c(C)c(C=NCC(=O)OC(C)(C)C)sc21. The molecule has 0 unspecified atom stereocenters. The molecule has 3 rings (SSSR count). The first kappa shape index (κ1) is 21.5. The number of ether oxygens (including phenoxy) is 1. The largest absolute Gasteiger partial charge is 0.459 e. The number of aliphatic imine (C=N–C) groups is 1. The lowest BCUT2D eigenvalue weighted by molar-refractivity contribution is -0.152. The standard InChI is InChI=1S/C21H29N3O4S/c1-7-8-23-19-17(18(26)24(20(23)27)14-9-12(14)2)13(3)15(29-19)10-22-11-16(25)28-21(4,5)6/h10,12,14H,7-9,11H2,1-6H3/t12-,14-/m0/s1. The Morgan fingerprint density at radius 1 is 1.34 bits per heavy atom. The molecule has 8 heteroatoms. The summed E-state index contributed by atoms with van der Waals surface area (Å²) in [6.07, 6.45) is 3.26. The normalized spacial score (nSPS) is 19.2.